The first-order valence-electron chi connectivity index (χ1n) is 8.95. The van der Waals surface area contributed by atoms with Gasteiger partial charge in [0.2, 0.25) is 0 Å². The third-order valence-corrected chi connectivity index (χ3v) is 6.21. The van der Waals surface area contributed by atoms with Crippen LogP contribution in [0.1, 0.15) is 40.6 Å². The summed E-state index contributed by atoms with van der Waals surface area (Å²) >= 11 is 6.39. The molecule has 0 radical (unpaired) electrons. The van der Waals surface area contributed by atoms with Crippen molar-refractivity contribution in [1.29, 1.82) is 0 Å². The molecule has 0 spiro atoms. The predicted molar refractivity (Wildman–Crippen MR) is 107 cm³/mol. The number of hydrogen-bond acceptors (Lipinski definition) is 5. The van der Waals surface area contributed by atoms with Gasteiger partial charge in [0.15, 0.2) is 0 Å². The minimum absolute atomic E-state index is 0.00446. The summed E-state index contributed by atoms with van der Waals surface area (Å²) in [5.41, 5.74) is 3.87. The van der Waals surface area contributed by atoms with Gasteiger partial charge in [0.25, 0.3) is 11.4 Å². The lowest BCUT2D eigenvalue weighted by molar-refractivity contribution is -0.384. The molecule has 2 aromatic carbocycles. The molecule has 4 rings (SSSR count). The highest BCUT2D eigenvalue weighted by Gasteiger charge is 2.42. The number of nitro groups is 2. The maximum absolute atomic E-state index is 11.7. The molecule has 0 saturated carbocycles. The van der Waals surface area contributed by atoms with Crippen molar-refractivity contribution in [2.75, 3.05) is 5.32 Å². The Morgan fingerprint density at radius 1 is 1.14 bits per heavy atom. The van der Waals surface area contributed by atoms with E-state index in [0.717, 1.165) is 23.1 Å². The van der Waals surface area contributed by atoms with Gasteiger partial charge in [0.05, 0.1) is 15.9 Å². The number of hydrogen-bond donors (Lipinski definition) is 1. The van der Waals surface area contributed by atoms with Gasteiger partial charge in [0, 0.05) is 34.7 Å². The Bertz CT molecular complexity index is 1050. The van der Waals surface area contributed by atoms with Crippen LogP contribution in [0.2, 0.25) is 5.02 Å². The summed E-state index contributed by atoms with van der Waals surface area (Å²) < 4.78 is 0. The molecule has 1 heterocycles. The van der Waals surface area contributed by atoms with E-state index in [9.17, 15) is 20.2 Å². The molecule has 0 amide bonds. The quantitative estimate of drug-likeness (QED) is 0.411. The Morgan fingerprint density at radius 2 is 1.89 bits per heavy atom. The Balaban J connectivity index is 1.92. The lowest BCUT2D eigenvalue weighted by Gasteiger charge is -2.38. The van der Waals surface area contributed by atoms with Gasteiger partial charge in [-0.2, -0.15) is 0 Å². The van der Waals surface area contributed by atoms with Crippen LogP contribution < -0.4 is 5.32 Å². The number of nitrogens with zero attached hydrogens (tertiary/aromatic N) is 2. The number of allylic oxidation sites excluding steroid dienone is 2. The first-order valence-corrected chi connectivity index (χ1v) is 9.33. The number of aryl methyl sites for hydroxylation is 1. The van der Waals surface area contributed by atoms with Gasteiger partial charge in [-0.3, -0.25) is 20.2 Å². The number of fused-ring (bicyclic) bond motifs is 3. The largest absolute Gasteiger partial charge is 0.372 e. The zero-order valence-electron chi connectivity index (χ0n) is 15.3. The zero-order valence-corrected chi connectivity index (χ0v) is 16.1. The van der Waals surface area contributed by atoms with Crippen LogP contribution in [0.5, 0.6) is 0 Å². The number of nitrogens with one attached hydrogen (secondary N) is 1. The highest BCUT2D eigenvalue weighted by atomic mass is 35.5. The van der Waals surface area contributed by atoms with E-state index in [1.54, 1.807) is 6.07 Å². The van der Waals surface area contributed by atoms with Crippen molar-refractivity contribution in [3.05, 3.63) is 83.9 Å². The van der Waals surface area contributed by atoms with Crippen molar-refractivity contribution >= 4 is 28.7 Å². The van der Waals surface area contributed by atoms with E-state index in [-0.39, 0.29) is 34.2 Å². The normalized spacial score (nSPS) is 22.3. The van der Waals surface area contributed by atoms with E-state index < -0.39 is 4.92 Å². The predicted octanol–water partition coefficient (Wildman–Crippen LogP) is 5.60. The van der Waals surface area contributed by atoms with Crippen LogP contribution in [0, 0.1) is 40.0 Å². The van der Waals surface area contributed by atoms with Crippen molar-refractivity contribution in [2.45, 2.75) is 32.2 Å². The van der Waals surface area contributed by atoms with Crippen molar-refractivity contribution in [3.63, 3.8) is 0 Å². The number of halogens is 1. The Kier molecular flexibility index (Phi) is 4.34. The fourth-order valence-electron chi connectivity index (χ4n) is 4.42. The third kappa shape index (κ3) is 2.74. The summed E-state index contributed by atoms with van der Waals surface area (Å²) in [6.07, 6.45) is 4.92. The van der Waals surface area contributed by atoms with Gasteiger partial charge >= 0.3 is 0 Å². The van der Waals surface area contributed by atoms with E-state index >= 15 is 0 Å². The van der Waals surface area contributed by atoms with E-state index in [1.165, 1.54) is 18.2 Å². The highest BCUT2D eigenvalue weighted by molar-refractivity contribution is 6.31. The smallest absolute Gasteiger partial charge is 0.292 e. The lowest BCUT2D eigenvalue weighted by atomic mass is 9.74. The van der Waals surface area contributed by atoms with Gasteiger partial charge in [-0.15, -0.1) is 0 Å². The molecule has 1 N–H and O–H groups in total. The van der Waals surface area contributed by atoms with E-state index in [1.807, 2.05) is 13.8 Å². The first-order chi connectivity index (χ1) is 13.3. The van der Waals surface area contributed by atoms with Crippen molar-refractivity contribution in [3.8, 4) is 0 Å². The molecular formula is C20H18ClN3O4. The Hall–Kier alpha value is -2.93. The first kappa shape index (κ1) is 18.4. The van der Waals surface area contributed by atoms with Gasteiger partial charge in [-0.1, -0.05) is 23.8 Å². The Labute approximate surface area is 166 Å². The van der Waals surface area contributed by atoms with Crippen LogP contribution in [0.15, 0.2) is 36.4 Å². The maximum atomic E-state index is 11.7. The SMILES string of the molecule is Cc1cc([N+](=O)[O-])c2c(c1C)[C@@H]1C=CC[C@H]1[C@@H](c1cc([N+](=O)[O-])ccc1Cl)N2. The molecule has 0 bridgehead atoms. The minimum atomic E-state index is -0.461. The summed E-state index contributed by atoms with van der Waals surface area (Å²) in [6.45, 7) is 3.85. The summed E-state index contributed by atoms with van der Waals surface area (Å²) in [5.74, 6) is 0.0716. The fraction of sp³-hybridized carbons (Fsp3) is 0.300. The summed E-state index contributed by atoms with van der Waals surface area (Å²) in [4.78, 5) is 22.1. The van der Waals surface area contributed by atoms with Crippen molar-refractivity contribution < 1.29 is 9.85 Å². The van der Waals surface area contributed by atoms with Crippen LogP contribution in [-0.2, 0) is 0 Å². The van der Waals surface area contributed by atoms with Crippen LogP contribution in [-0.4, -0.2) is 9.85 Å². The molecule has 144 valence electrons. The van der Waals surface area contributed by atoms with Gasteiger partial charge in [0.1, 0.15) is 5.69 Å². The summed E-state index contributed by atoms with van der Waals surface area (Å²) in [7, 11) is 0. The van der Waals surface area contributed by atoms with E-state index in [2.05, 4.69) is 17.5 Å². The molecule has 0 saturated heterocycles. The molecule has 8 heteroatoms. The second-order valence-electron chi connectivity index (χ2n) is 7.32. The van der Waals surface area contributed by atoms with Crippen LogP contribution in [0.3, 0.4) is 0 Å². The third-order valence-electron chi connectivity index (χ3n) is 5.87. The van der Waals surface area contributed by atoms with E-state index in [4.69, 9.17) is 11.6 Å². The average Bonchev–Trinajstić information content (AvgIpc) is 3.13. The van der Waals surface area contributed by atoms with Crippen LogP contribution in [0.4, 0.5) is 17.1 Å². The molecule has 0 aromatic heterocycles. The average molecular weight is 400 g/mol. The summed E-state index contributed by atoms with van der Waals surface area (Å²) in [6, 6.07) is 5.56. The minimum Gasteiger partial charge on any atom is -0.372 e. The lowest BCUT2D eigenvalue weighted by Crippen LogP contribution is -2.30. The molecule has 1 aliphatic carbocycles. The number of anilines is 1. The topological polar surface area (TPSA) is 98.3 Å². The van der Waals surface area contributed by atoms with Gasteiger partial charge in [-0.05, 0) is 48.9 Å². The molecule has 2 aromatic rings. The highest BCUT2D eigenvalue weighted by Crippen LogP contribution is 2.54. The molecule has 28 heavy (non-hydrogen) atoms. The summed E-state index contributed by atoms with van der Waals surface area (Å²) in [5, 5.41) is 26.7. The van der Waals surface area contributed by atoms with Crippen molar-refractivity contribution in [2.24, 2.45) is 5.92 Å². The number of nitro benzene ring substituents is 2. The zero-order chi connectivity index (χ0) is 20.2. The van der Waals surface area contributed by atoms with Gasteiger partial charge < -0.3 is 5.32 Å². The number of benzene rings is 2. The van der Waals surface area contributed by atoms with Crippen LogP contribution in [0.25, 0.3) is 0 Å². The monoisotopic (exact) mass is 399 g/mol. The maximum Gasteiger partial charge on any atom is 0.292 e. The molecule has 1 aliphatic heterocycles. The van der Waals surface area contributed by atoms with Crippen LogP contribution >= 0.6 is 11.6 Å². The number of rotatable bonds is 3. The molecular weight excluding hydrogens is 382 g/mol. The molecule has 7 nitrogen and oxygen atoms in total. The number of non-ortho nitro benzene ring substituents is 1. The molecule has 0 fully saturated rings. The molecule has 2 aliphatic rings. The second kappa shape index (κ2) is 6.60. The standard InChI is InChI=1S/C20H18ClN3O4/c1-10-8-17(24(27)28)20-18(11(10)2)13-4-3-5-14(13)19(22-20)15-9-12(23(25)26)6-7-16(15)21/h3-4,6-9,13-14,19,22H,5H2,1-2H3/t13-,14-,19+/m1/s1. The van der Waals surface area contributed by atoms with E-state index in [0.29, 0.717) is 16.3 Å². The van der Waals surface area contributed by atoms with Crippen molar-refractivity contribution in [1.82, 2.24) is 0 Å². The second-order valence-corrected chi connectivity index (χ2v) is 7.73. The molecule has 3 atom stereocenters. The fourth-order valence-corrected chi connectivity index (χ4v) is 4.65. The van der Waals surface area contributed by atoms with Gasteiger partial charge in [-0.25, -0.2) is 0 Å². The molecule has 0 unspecified atom stereocenters. The Morgan fingerprint density at radius 3 is 2.57 bits per heavy atom.